The third kappa shape index (κ3) is 2.76. The van der Waals surface area contributed by atoms with E-state index in [1.54, 1.807) is 7.11 Å². The number of rotatable bonds is 5. The van der Waals surface area contributed by atoms with Crippen LogP contribution in [0.25, 0.3) is 0 Å². The van der Waals surface area contributed by atoms with Crippen molar-refractivity contribution in [3.63, 3.8) is 0 Å². The monoisotopic (exact) mass is 172 g/mol. The SMILES string of the molecule is CCCCC1CCOC1COC. The lowest BCUT2D eigenvalue weighted by atomic mass is 9.96. The van der Waals surface area contributed by atoms with Gasteiger partial charge in [0.1, 0.15) is 0 Å². The molecule has 0 aromatic rings. The van der Waals surface area contributed by atoms with E-state index in [0.29, 0.717) is 6.10 Å². The molecule has 72 valence electrons. The molecule has 1 heterocycles. The summed E-state index contributed by atoms with van der Waals surface area (Å²) in [4.78, 5) is 0. The summed E-state index contributed by atoms with van der Waals surface area (Å²) < 4.78 is 10.7. The Morgan fingerprint density at radius 3 is 3.00 bits per heavy atom. The molecule has 2 unspecified atom stereocenters. The minimum absolute atomic E-state index is 0.376. The molecule has 0 aromatic carbocycles. The Kier molecular flexibility index (Phi) is 4.62. The number of methoxy groups -OCH3 is 1. The highest BCUT2D eigenvalue weighted by Gasteiger charge is 2.27. The van der Waals surface area contributed by atoms with Crippen LogP contribution in [-0.4, -0.2) is 26.4 Å². The molecule has 12 heavy (non-hydrogen) atoms. The predicted molar refractivity (Wildman–Crippen MR) is 49.2 cm³/mol. The molecule has 0 aliphatic carbocycles. The molecule has 0 bridgehead atoms. The fraction of sp³-hybridized carbons (Fsp3) is 1.00. The van der Waals surface area contributed by atoms with Crippen LogP contribution in [0.2, 0.25) is 0 Å². The predicted octanol–water partition coefficient (Wildman–Crippen LogP) is 2.23. The maximum absolute atomic E-state index is 5.58. The summed E-state index contributed by atoms with van der Waals surface area (Å²) in [6.45, 7) is 3.94. The molecule has 2 heteroatoms. The van der Waals surface area contributed by atoms with Crippen LogP contribution in [0, 0.1) is 5.92 Å². The quantitative estimate of drug-likeness (QED) is 0.633. The third-order valence-electron chi connectivity index (χ3n) is 2.61. The molecule has 1 aliphatic rings. The standard InChI is InChI=1S/C10H20O2/c1-3-4-5-9-6-7-12-10(9)8-11-2/h9-10H,3-8H2,1-2H3. The Morgan fingerprint density at radius 2 is 2.33 bits per heavy atom. The van der Waals surface area contributed by atoms with Crippen LogP contribution < -0.4 is 0 Å². The average molecular weight is 172 g/mol. The van der Waals surface area contributed by atoms with E-state index in [-0.39, 0.29) is 0 Å². The van der Waals surface area contributed by atoms with Crippen LogP contribution in [0.1, 0.15) is 32.6 Å². The Bertz CT molecular complexity index is 114. The number of ether oxygens (including phenoxy) is 2. The highest BCUT2D eigenvalue weighted by Crippen LogP contribution is 2.25. The molecule has 0 amide bonds. The maximum atomic E-state index is 5.58. The summed E-state index contributed by atoms with van der Waals surface area (Å²) in [6.07, 6.45) is 5.53. The topological polar surface area (TPSA) is 18.5 Å². The summed E-state index contributed by atoms with van der Waals surface area (Å²) in [5.41, 5.74) is 0. The summed E-state index contributed by atoms with van der Waals surface area (Å²) in [5.74, 6) is 0.755. The summed E-state index contributed by atoms with van der Waals surface area (Å²) >= 11 is 0. The lowest BCUT2D eigenvalue weighted by molar-refractivity contribution is 0.0188. The first-order valence-corrected chi connectivity index (χ1v) is 4.99. The van der Waals surface area contributed by atoms with Crippen LogP contribution in [0.4, 0.5) is 0 Å². The first-order chi connectivity index (χ1) is 5.88. The zero-order valence-electron chi connectivity index (χ0n) is 8.21. The van der Waals surface area contributed by atoms with Gasteiger partial charge in [-0.25, -0.2) is 0 Å². The Morgan fingerprint density at radius 1 is 1.50 bits per heavy atom. The number of hydrogen-bond donors (Lipinski definition) is 0. The van der Waals surface area contributed by atoms with Gasteiger partial charge in [-0.1, -0.05) is 19.8 Å². The van der Waals surface area contributed by atoms with E-state index in [9.17, 15) is 0 Å². The largest absolute Gasteiger partial charge is 0.382 e. The van der Waals surface area contributed by atoms with E-state index in [0.717, 1.165) is 19.1 Å². The molecule has 0 saturated carbocycles. The van der Waals surface area contributed by atoms with Crippen LogP contribution in [0.3, 0.4) is 0 Å². The van der Waals surface area contributed by atoms with Crippen molar-refractivity contribution in [2.75, 3.05) is 20.3 Å². The molecule has 0 N–H and O–H groups in total. The first-order valence-electron chi connectivity index (χ1n) is 4.99. The second-order valence-electron chi connectivity index (χ2n) is 3.56. The lowest BCUT2D eigenvalue weighted by Gasteiger charge is -2.16. The molecule has 1 fully saturated rings. The number of unbranched alkanes of at least 4 members (excludes halogenated alkanes) is 1. The smallest absolute Gasteiger partial charge is 0.0837 e. The fourth-order valence-corrected chi connectivity index (χ4v) is 1.84. The molecule has 1 aliphatic heterocycles. The van der Waals surface area contributed by atoms with Gasteiger partial charge in [0.15, 0.2) is 0 Å². The highest BCUT2D eigenvalue weighted by molar-refractivity contribution is 4.75. The normalized spacial score (nSPS) is 29.5. The van der Waals surface area contributed by atoms with Gasteiger partial charge < -0.3 is 9.47 Å². The van der Waals surface area contributed by atoms with Gasteiger partial charge in [-0.05, 0) is 18.8 Å². The molecule has 0 aromatic heterocycles. The van der Waals surface area contributed by atoms with Gasteiger partial charge in [0, 0.05) is 13.7 Å². The maximum Gasteiger partial charge on any atom is 0.0837 e. The van der Waals surface area contributed by atoms with Gasteiger partial charge in [0.25, 0.3) is 0 Å². The van der Waals surface area contributed by atoms with Crippen molar-refractivity contribution in [3.8, 4) is 0 Å². The Hall–Kier alpha value is -0.0800. The van der Waals surface area contributed by atoms with Crippen molar-refractivity contribution >= 4 is 0 Å². The van der Waals surface area contributed by atoms with Gasteiger partial charge >= 0.3 is 0 Å². The Balaban J connectivity index is 2.20. The zero-order chi connectivity index (χ0) is 8.81. The average Bonchev–Trinajstić information content (AvgIpc) is 2.50. The lowest BCUT2D eigenvalue weighted by Crippen LogP contribution is -2.21. The van der Waals surface area contributed by atoms with Crippen molar-refractivity contribution in [2.24, 2.45) is 5.92 Å². The molecule has 0 spiro atoms. The summed E-state index contributed by atoms with van der Waals surface area (Å²) in [7, 11) is 1.75. The minimum Gasteiger partial charge on any atom is -0.382 e. The van der Waals surface area contributed by atoms with Crippen molar-refractivity contribution < 1.29 is 9.47 Å². The van der Waals surface area contributed by atoms with Gasteiger partial charge in [0.2, 0.25) is 0 Å². The van der Waals surface area contributed by atoms with E-state index < -0.39 is 0 Å². The minimum atomic E-state index is 0.376. The first kappa shape index (κ1) is 10.0. The molecular formula is C10H20O2. The second kappa shape index (κ2) is 5.55. The van der Waals surface area contributed by atoms with E-state index in [2.05, 4.69) is 6.92 Å². The Labute approximate surface area is 75.2 Å². The van der Waals surface area contributed by atoms with Crippen LogP contribution >= 0.6 is 0 Å². The molecule has 1 saturated heterocycles. The van der Waals surface area contributed by atoms with Crippen LogP contribution in [-0.2, 0) is 9.47 Å². The zero-order valence-corrected chi connectivity index (χ0v) is 8.21. The third-order valence-corrected chi connectivity index (χ3v) is 2.61. The van der Waals surface area contributed by atoms with E-state index >= 15 is 0 Å². The van der Waals surface area contributed by atoms with Crippen LogP contribution in [0.15, 0.2) is 0 Å². The number of hydrogen-bond acceptors (Lipinski definition) is 2. The van der Waals surface area contributed by atoms with E-state index in [1.165, 1.54) is 25.7 Å². The van der Waals surface area contributed by atoms with E-state index in [4.69, 9.17) is 9.47 Å². The van der Waals surface area contributed by atoms with Gasteiger partial charge in [-0.3, -0.25) is 0 Å². The van der Waals surface area contributed by atoms with E-state index in [1.807, 2.05) is 0 Å². The molecule has 0 radical (unpaired) electrons. The van der Waals surface area contributed by atoms with Gasteiger partial charge in [-0.15, -0.1) is 0 Å². The molecule has 2 atom stereocenters. The molecule has 1 rings (SSSR count). The second-order valence-corrected chi connectivity index (χ2v) is 3.56. The van der Waals surface area contributed by atoms with Crippen LogP contribution in [0.5, 0.6) is 0 Å². The highest BCUT2D eigenvalue weighted by atomic mass is 16.5. The van der Waals surface area contributed by atoms with Gasteiger partial charge in [-0.2, -0.15) is 0 Å². The van der Waals surface area contributed by atoms with Gasteiger partial charge in [0.05, 0.1) is 12.7 Å². The summed E-state index contributed by atoms with van der Waals surface area (Å²) in [6, 6.07) is 0. The van der Waals surface area contributed by atoms with Crippen molar-refractivity contribution in [2.45, 2.75) is 38.7 Å². The molecular weight excluding hydrogens is 152 g/mol. The summed E-state index contributed by atoms with van der Waals surface area (Å²) in [5, 5.41) is 0. The van der Waals surface area contributed by atoms with Crippen molar-refractivity contribution in [1.29, 1.82) is 0 Å². The van der Waals surface area contributed by atoms with Crippen molar-refractivity contribution in [1.82, 2.24) is 0 Å². The van der Waals surface area contributed by atoms with Crippen molar-refractivity contribution in [3.05, 3.63) is 0 Å². The molecule has 2 nitrogen and oxygen atoms in total. The fourth-order valence-electron chi connectivity index (χ4n) is 1.84.